The van der Waals surface area contributed by atoms with Crippen LogP contribution in [0.4, 0.5) is 0 Å². The third-order valence-electron chi connectivity index (χ3n) is 3.43. The van der Waals surface area contributed by atoms with Crippen LogP contribution in [0.15, 0.2) is 36.7 Å². The zero-order chi connectivity index (χ0) is 16.8. The molecule has 0 saturated carbocycles. The molecule has 122 valence electrons. The molecule has 6 nitrogen and oxygen atoms in total. The van der Waals surface area contributed by atoms with E-state index in [9.17, 15) is 9.59 Å². The SMILES string of the molecule is Cn1ccnc1C(NC(=O)CCCC(=O)O)c1ccccc1Cl. The molecular weight excluding hydrogens is 318 g/mol. The molecule has 1 unspecified atom stereocenters. The number of carboxylic acid groups (broad SMARTS) is 1. The zero-order valence-electron chi connectivity index (χ0n) is 12.7. The highest BCUT2D eigenvalue weighted by Gasteiger charge is 2.22. The molecule has 1 amide bonds. The molecule has 1 atom stereocenters. The highest BCUT2D eigenvalue weighted by atomic mass is 35.5. The number of imidazole rings is 1. The number of halogens is 1. The van der Waals surface area contributed by atoms with Crippen LogP contribution >= 0.6 is 11.6 Å². The van der Waals surface area contributed by atoms with E-state index >= 15 is 0 Å². The van der Waals surface area contributed by atoms with Gasteiger partial charge in [0.05, 0.1) is 0 Å². The molecule has 2 aromatic rings. The Balaban J connectivity index is 2.19. The van der Waals surface area contributed by atoms with E-state index in [1.54, 1.807) is 18.5 Å². The van der Waals surface area contributed by atoms with E-state index in [4.69, 9.17) is 16.7 Å². The lowest BCUT2D eigenvalue weighted by molar-refractivity contribution is -0.137. The maximum absolute atomic E-state index is 12.1. The number of aromatic nitrogens is 2. The number of carbonyl (C=O) groups is 2. The normalized spacial score (nSPS) is 11.9. The largest absolute Gasteiger partial charge is 0.481 e. The van der Waals surface area contributed by atoms with Crippen molar-refractivity contribution in [1.82, 2.24) is 14.9 Å². The summed E-state index contributed by atoms with van der Waals surface area (Å²) in [4.78, 5) is 27.0. The Morgan fingerprint density at radius 3 is 2.70 bits per heavy atom. The number of rotatable bonds is 7. The number of hydrogen-bond donors (Lipinski definition) is 2. The molecule has 1 heterocycles. The first-order valence-corrected chi connectivity index (χ1v) is 7.59. The number of nitrogens with one attached hydrogen (secondary N) is 1. The summed E-state index contributed by atoms with van der Waals surface area (Å²) in [6.07, 6.45) is 3.83. The Morgan fingerprint density at radius 1 is 1.35 bits per heavy atom. The van der Waals surface area contributed by atoms with Gasteiger partial charge >= 0.3 is 5.97 Å². The minimum atomic E-state index is -0.912. The molecular formula is C16H18ClN3O3. The van der Waals surface area contributed by atoms with Crippen molar-refractivity contribution >= 4 is 23.5 Å². The first kappa shape index (κ1) is 17.0. The van der Waals surface area contributed by atoms with Gasteiger partial charge in [-0.15, -0.1) is 0 Å². The van der Waals surface area contributed by atoms with Crippen molar-refractivity contribution in [3.63, 3.8) is 0 Å². The summed E-state index contributed by atoms with van der Waals surface area (Å²) in [5.74, 6) is -0.492. The van der Waals surface area contributed by atoms with E-state index < -0.39 is 12.0 Å². The number of carbonyl (C=O) groups excluding carboxylic acids is 1. The van der Waals surface area contributed by atoms with Gasteiger partial charge in [0.1, 0.15) is 11.9 Å². The van der Waals surface area contributed by atoms with Crippen LogP contribution in [0.5, 0.6) is 0 Å². The van der Waals surface area contributed by atoms with Crippen molar-refractivity contribution in [3.05, 3.63) is 53.1 Å². The summed E-state index contributed by atoms with van der Waals surface area (Å²) < 4.78 is 1.81. The van der Waals surface area contributed by atoms with Crippen LogP contribution in [0.3, 0.4) is 0 Å². The molecule has 0 aliphatic rings. The Morgan fingerprint density at radius 2 is 2.09 bits per heavy atom. The summed E-state index contributed by atoms with van der Waals surface area (Å²) in [7, 11) is 1.84. The molecule has 0 radical (unpaired) electrons. The Kier molecular flexibility index (Phi) is 5.76. The summed E-state index contributed by atoms with van der Waals surface area (Å²) in [5, 5.41) is 12.1. The lowest BCUT2D eigenvalue weighted by Crippen LogP contribution is -2.31. The molecule has 0 saturated heterocycles. The molecule has 0 fully saturated rings. The molecule has 2 N–H and O–H groups in total. The number of nitrogens with zero attached hydrogens (tertiary/aromatic N) is 2. The topological polar surface area (TPSA) is 84.2 Å². The van der Waals surface area contributed by atoms with E-state index in [-0.39, 0.29) is 25.2 Å². The van der Waals surface area contributed by atoms with Gasteiger partial charge in [-0.25, -0.2) is 4.98 Å². The summed E-state index contributed by atoms with van der Waals surface area (Å²) >= 11 is 6.25. The lowest BCUT2D eigenvalue weighted by Gasteiger charge is -2.20. The van der Waals surface area contributed by atoms with Crippen LogP contribution in [0.2, 0.25) is 5.02 Å². The van der Waals surface area contributed by atoms with Crippen LogP contribution in [0.1, 0.15) is 36.7 Å². The third kappa shape index (κ3) is 4.56. The fraction of sp³-hybridized carbons (Fsp3) is 0.312. The monoisotopic (exact) mass is 335 g/mol. The van der Waals surface area contributed by atoms with Crippen molar-refractivity contribution in [3.8, 4) is 0 Å². The minimum absolute atomic E-state index is 0.0351. The molecule has 2 rings (SSSR count). The maximum atomic E-state index is 12.1. The van der Waals surface area contributed by atoms with Gasteiger partial charge in [-0.1, -0.05) is 29.8 Å². The van der Waals surface area contributed by atoms with Gasteiger partial charge in [-0.3, -0.25) is 9.59 Å². The summed E-state index contributed by atoms with van der Waals surface area (Å²) in [5.41, 5.74) is 0.745. The Hall–Kier alpha value is -2.34. The minimum Gasteiger partial charge on any atom is -0.481 e. The van der Waals surface area contributed by atoms with Crippen molar-refractivity contribution in [2.45, 2.75) is 25.3 Å². The van der Waals surface area contributed by atoms with E-state index in [0.717, 1.165) is 5.56 Å². The van der Waals surface area contributed by atoms with Crippen LogP contribution in [-0.4, -0.2) is 26.5 Å². The van der Waals surface area contributed by atoms with Crippen LogP contribution in [0, 0.1) is 0 Å². The Bertz CT molecular complexity index is 699. The molecule has 0 aliphatic carbocycles. The second-order valence-corrected chi connectivity index (χ2v) is 5.57. The van der Waals surface area contributed by atoms with Crippen molar-refractivity contribution in [2.24, 2.45) is 7.05 Å². The van der Waals surface area contributed by atoms with Crippen molar-refractivity contribution in [2.75, 3.05) is 0 Å². The van der Waals surface area contributed by atoms with E-state index in [0.29, 0.717) is 10.8 Å². The smallest absolute Gasteiger partial charge is 0.303 e. The fourth-order valence-corrected chi connectivity index (χ4v) is 2.52. The molecule has 0 aliphatic heterocycles. The van der Waals surface area contributed by atoms with E-state index in [1.165, 1.54) is 0 Å². The van der Waals surface area contributed by atoms with Gasteiger partial charge in [0.2, 0.25) is 5.91 Å². The highest BCUT2D eigenvalue weighted by molar-refractivity contribution is 6.31. The molecule has 1 aromatic carbocycles. The molecule has 0 bridgehead atoms. The van der Waals surface area contributed by atoms with E-state index in [2.05, 4.69) is 10.3 Å². The molecule has 1 aromatic heterocycles. The predicted molar refractivity (Wildman–Crippen MR) is 86.1 cm³/mol. The van der Waals surface area contributed by atoms with Gasteiger partial charge in [0.25, 0.3) is 0 Å². The van der Waals surface area contributed by atoms with Gasteiger partial charge < -0.3 is 15.0 Å². The first-order valence-electron chi connectivity index (χ1n) is 7.22. The lowest BCUT2D eigenvalue weighted by atomic mass is 10.1. The number of benzene rings is 1. The molecule has 7 heteroatoms. The van der Waals surface area contributed by atoms with Crippen LogP contribution in [0.25, 0.3) is 0 Å². The standard InChI is InChI=1S/C16H18ClN3O3/c1-20-10-9-18-16(20)15(11-5-2-3-6-12(11)17)19-13(21)7-4-8-14(22)23/h2-3,5-6,9-10,15H,4,7-8H2,1H3,(H,19,21)(H,22,23). The Labute approximate surface area is 139 Å². The number of aliphatic carboxylic acids is 1. The second kappa shape index (κ2) is 7.78. The highest BCUT2D eigenvalue weighted by Crippen LogP contribution is 2.27. The van der Waals surface area contributed by atoms with Crippen molar-refractivity contribution in [1.29, 1.82) is 0 Å². The van der Waals surface area contributed by atoms with Gasteiger partial charge in [-0.05, 0) is 12.5 Å². The predicted octanol–water partition coefficient (Wildman–Crippen LogP) is 2.53. The van der Waals surface area contributed by atoms with Gasteiger partial charge in [0.15, 0.2) is 0 Å². The average Bonchev–Trinajstić information content (AvgIpc) is 2.91. The fourth-order valence-electron chi connectivity index (χ4n) is 2.28. The number of hydrogen-bond acceptors (Lipinski definition) is 3. The quantitative estimate of drug-likeness (QED) is 0.814. The summed E-state index contributed by atoms with van der Waals surface area (Å²) in [6.45, 7) is 0. The van der Waals surface area contributed by atoms with Crippen molar-refractivity contribution < 1.29 is 14.7 Å². The number of aryl methyl sites for hydroxylation is 1. The molecule has 0 spiro atoms. The third-order valence-corrected chi connectivity index (χ3v) is 3.78. The van der Waals surface area contributed by atoms with Crippen LogP contribution in [-0.2, 0) is 16.6 Å². The van der Waals surface area contributed by atoms with Gasteiger partial charge in [-0.2, -0.15) is 0 Å². The van der Waals surface area contributed by atoms with Crippen LogP contribution < -0.4 is 5.32 Å². The van der Waals surface area contributed by atoms with E-state index in [1.807, 2.05) is 29.8 Å². The summed E-state index contributed by atoms with van der Waals surface area (Å²) in [6, 6.07) is 6.76. The first-order chi connectivity index (χ1) is 11.0. The second-order valence-electron chi connectivity index (χ2n) is 5.17. The number of amides is 1. The number of carboxylic acids is 1. The zero-order valence-corrected chi connectivity index (χ0v) is 13.5. The van der Waals surface area contributed by atoms with Gasteiger partial charge in [0, 0.05) is 42.9 Å². The average molecular weight is 336 g/mol. The molecule has 23 heavy (non-hydrogen) atoms. The maximum Gasteiger partial charge on any atom is 0.303 e.